The van der Waals surface area contributed by atoms with Gasteiger partial charge in [-0.3, -0.25) is 9.80 Å². The van der Waals surface area contributed by atoms with E-state index in [2.05, 4.69) is 13.5 Å². The van der Waals surface area contributed by atoms with E-state index in [0.717, 1.165) is 19.4 Å². The zero-order valence-electron chi connectivity index (χ0n) is 8.21. The van der Waals surface area contributed by atoms with Crippen molar-refractivity contribution in [3.05, 3.63) is 12.7 Å². The second-order valence-corrected chi connectivity index (χ2v) is 2.87. The summed E-state index contributed by atoms with van der Waals surface area (Å²) in [5, 5.41) is 3.47. The molecular formula is C9H18N2O. The fourth-order valence-corrected chi connectivity index (χ4v) is 0.921. The van der Waals surface area contributed by atoms with Gasteiger partial charge in [0, 0.05) is 20.6 Å². The zero-order chi connectivity index (χ0) is 9.56. The molecule has 0 saturated carbocycles. The van der Waals surface area contributed by atoms with Crippen LogP contribution in [0.4, 0.5) is 0 Å². The monoisotopic (exact) mass is 170 g/mol. The SMILES string of the molecule is C=CC(=O)N(CCCC)N(C)C. The molecule has 0 spiro atoms. The molecule has 0 heterocycles. The van der Waals surface area contributed by atoms with Gasteiger partial charge in [-0.05, 0) is 12.5 Å². The van der Waals surface area contributed by atoms with Crippen LogP contribution in [0.5, 0.6) is 0 Å². The topological polar surface area (TPSA) is 23.6 Å². The second-order valence-electron chi connectivity index (χ2n) is 2.87. The summed E-state index contributed by atoms with van der Waals surface area (Å²) in [5.41, 5.74) is 0. The molecule has 0 aliphatic carbocycles. The molecule has 3 nitrogen and oxygen atoms in total. The fourth-order valence-electron chi connectivity index (χ4n) is 0.921. The largest absolute Gasteiger partial charge is 0.272 e. The Morgan fingerprint density at radius 1 is 1.50 bits per heavy atom. The van der Waals surface area contributed by atoms with Gasteiger partial charge >= 0.3 is 0 Å². The molecule has 0 fully saturated rings. The van der Waals surface area contributed by atoms with Gasteiger partial charge in [0.05, 0.1) is 0 Å². The maximum Gasteiger partial charge on any atom is 0.260 e. The van der Waals surface area contributed by atoms with Crippen molar-refractivity contribution in [2.24, 2.45) is 0 Å². The number of hydrogen-bond acceptors (Lipinski definition) is 2. The van der Waals surface area contributed by atoms with Crippen LogP contribution in [-0.2, 0) is 4.79 Å². The standard InChI is InChI=1S/C9H18N2O/c1-5-7-8-11(10(3)4)9(12)6-2/h6H,2,5,7-8H2,1,3-4H3. The maximum absolute atomic E-state index is 11.2. The van der Waals surface area contributed by atoms with E-state index >= 15 is 0 Å². The van der Waals surface area contributed by atoms with Crippen LogP contribution in [0.1, 0.15) is 19.8 Å². The van der Waals surface area contributed by atoms with Crippen molar-refractivity contribution in [1.82, 2.24) is 10.0 Å². The average molecular weight is 170 g/mol. The van der Waals surface area contributed by atoms with Gasteiger partial charge in [-0.15, -0.1) is 0 Å². The molecule has 0 N–H and O–H groups in total. The normalized spacial score (nSPS) is 10.0. The molecule has 0 rings (SSSR count). The molecule has 0 atom stereocenters. The summed E-state index contributed by atoms with van der Waals surface area (Å²) in [7, 11) is 3.72. The van der Waals surface area contributed by atoms with Crippen molar-refractivity contribution in [1.29, 1.82) is 0 Å². The van der Waals surface area contributed by atoms with Crippen LogP contribution in [-0.4, -0.2) is 36.6 Å². The van der Waals surface area contributed by atoms with Crippen LogP contribution in [0.25, 0.3) is 0 Å². The van der Waals surface area contributed by atoms with Gasteiger partial charge in [-0.2, -0.15) is 0 Å². The molecule has 0 aliphatic rings. The Bertz CT molecular complexity index is 155. The van der Waals surface area contributed by atoms with Crippen LogP contribution in [0.3, 0.4) is 0 Å². The predicted molar refractivity (Wildman–Crippen MR) is 50.5 cm³/mol. The molecule has 12 heavy (non-hydrogen) atoms. The Morgan fingerprint density at radius 3 is 2.42 bits per heavy atom. The van der Waals surface area contributed by atoms with Crippen LogP contribution in [0.2, 0.25) is 0 Å². The van der Waals surface area contributed by atoms with E-state index in [1.807, 2.05) is 14.1 Å². The van der Waals surface area contributed by atoms with E-state index in [0.29, 0.717) is 0 Å². The van der Waals surface area contributed by atoms with Gasteiger partial charge in [0.25, 0.3) is 5.91 Å². The number of unbranched alkanes of at least 4 members (excludes halogenated alkanes) is 1. The van der Waals surface area contributed by atoms with Crippen molar-refractivity contribution >= 4 is 5.91 Å². The van der Waals surface area contributed by atoms with E-state index in [-0.39, 0.29) is 5.91 Å². The van der Waals surface area contributed by atoms with E-state index in [4.69, 9.17) is 0 Å². The summed E-state index contributed by atoms with van der Waals surface area (Å²) >= 11 is 0. The lowest BCUT2D eigenvalue weighted by molar-refractivity contribution is -0.139. The van der Waals surface area contributed by atoms with Crippen molar-refractivity contribution < 1.29 is 4.79 Å². The summed E-state index contributed by atoms with van der Waals surface area (Å²) in [5.74, 6) is -0.0338. The lowest BCUT2D eigenvalue weighted by Crippen LogP contribution is -2.41. The Hall–Kier alpha value is -0.830. The number of nitrogens with zero attached hydrogens (tertiary/aromatic N) is 2. The molecule has 3 heteroatoms. The highest BCUT2D eigenvalue weighted by Gasteiger charge is 2.10. The van der Waals surface area contributed by atoms with Gasteiger partial charge in [-0.1, -0.05) is 19.9 Å². The highest BCUT2D eigenvalue weighted by Crippen LogP contribution is 1.98. The van der Waals surface area contributed by atoms with Crippen LogP contribution in [0, 0.1) is 0 Å². The first-order valence-electron chi connectivity index (χ1n) is 4.24. The van der Waals surface area contributed by atoms with Gasteiger partial charge in [0.1, 0.15) is 0 Å². The van der Waals surface area contributed by atoms with E-state index in [9.17, 15) is 4.79 Å². The smallest absolute Gasteiger partial charge is 0.260 e. The predicted octanol–water partition coefficient (Wildman–Crippen LogP) is 1.28. The first-order valence-corrected chi connectivity index (χ1v) is 4.24. The molecule has 0 radical (unpaired) electrons. The molecule has 0 aromatic rings. The minimum Gasteiger partial charge on any atom is -0.272 e. The van der Waals surface area contributed by atoms with Crippen LogP contribution < -0.4 is 0 Å². The average Bonchev–Trinajstić information content (AvgIpc) is 2.04. The van der Waals surface area contributed by atoms with Crippen LogP contribution in [0.15, 0.2) is 12.7 Å². The Kier molecular flexibility index (Phi) is 5.37. The molecule has 1 amide bonds. The summed E-state index contributed by atoms with van der Waals surface area (Å²) in [6, 6.07) is 0. The van der Waals surface area contributed by atoms with Crippen LogP contribution >= 0.6 is 0 Å². The number of carbonyl (C=O) groups excluding carboxylic acids is 1. The lowest BCUT2D eigenvalue weighted by atomic mass is 10.3. The van der Waals surface area contributed by atoms with Crippen molar-refractivity contribution in [2.45, 2.75) is 19.8 Å². The first-order chi connectivity index (χ1) is 5.63. The van der Waals surface area contributed by atoms with E-state index < -0.39 is 0 Å². The molecular weight excluding hydrogens is 152 g/mol. The van der Waals surface area contributed by atoms with Gasteiger partial charge in [0.15, 0.2) is 0 Å². The Labute approximate surface area is 74.6 Å². The molecule has 0 unspecified atom stereocenters. The maximum atomic E-state index is 11.2. The molecule has 70 valence electrons. The quantitative estimate of drug-likeness (QED) is 0.458. The van der Waals surface area contributed by atoms with Gasteiger partial charge in [0.2, 0.25) is 0 Å². The first kappa shape index (κ1) is 11.2. The Balaban J connectivity index is 4.03. The van der Waals surface area contributed by atoms with Crippen molar-refractivity contribution in [3.63, 3.8) is 0 Å². The third kappa shape index (κ3) is 3.53. The third-order valence-electron chi connectivity index (χ3n) is 1.64. The number of hydrazine groups is 1. The summed E-state index contributed by atoms with van der Waals surface area (Å²) < 4.78 is 0. The number of amides is 1. The number of hydrogen-bond donors (Lipinski definition) is 0. The number of carbonyl (C=O) groups is 1. The molecule has 0 aromatic carbocycles. The van der Waals surface area contributed by atoms with Gasteiger partial charge in [-0.25, -0.2) is 5.01 Å². The highest BCUT2D eigenvalue weighted by atomic mass is 16.2. The summed E-state index contributed by atoms with van der Waals surface area (Å²) in [6.45, 7) is 6.33. The van der Waals surface area contributed by atoms with Crippen molar-refractivity contribution in [2.75, 3.05) is 20.6 Å². The zero-order valence-corrected chi connectivity index (χ0v) is 8.21. The minimum atomic E-state index is -0.0338. The summed E-state index contributed by atoms with van der Waals surface area (Å²) in [4.78, 5) is 11.2. The molecule has 0 saturated heterocycles. The highest BCUT2D eigenvalue weighted by molar-refractivity contribution is 5.86. The fraction of sp³-hybridized carbons (Fsp3) is 0.667. The number of rotatable bonds is 5. The van der Waals surface area contributed by atoms with E-state index in [1.54, 1.807) is 10.0 Å². The molecule has 0 aliphatic heterocycles. The minimum absolute atomic E-state index is 0.0338. The van der Waals surface area contributed by atoms with Gasteiger partial charge < -0.3 is 0 Å². The second kappa shape index (κ2) is 5.77. The Morgan fingerprint density at radius 2 is 2.08 bits per heavy atom. The molecule has 0 bridgehead atoms. The lowest BCUT2D eigenvalue weighted by Gasteiger charge is -2.27. The third-order valence-corrected chi connectivity index (χ3v) is 1.64. The van der Waals surface area contributed by atoms with E-state index in [1.165, 1.54) is 6.08 Å². The molecule has 0 aromatic heterocycles. The van der Waals surface area contributed by atoms with Crippen molar-refractivity contribution in [3.8, 4) is 0 Å². The summed E-state index contributed by atoms with van der Waals surface area (Å²) in [6.07, 6.45) is 3.46.